The van der Waals surface area contributed by atoms with Crippen LogP contribution in [0.5, 0.6) is 0 Å². The van der Waals surface area contributed by atoms with Gasteiger partial charge in [-0.05, 0) is 48.7 Å². The molecule has 0 atom stereocenters. The fraction of sp³-hybridized carbons (Fsp3) is 0.412. The first-order valence-corrected chi connectivity index (χ1v) is 7.55. The van der Waals surface area contributed by atoms with E-state index in [0.717, 1.165) is 38.3 Å². The summed E-state index contributed by atoms with van der Waals surface area (Å²) in [5.41, 5.74) is 2.53. The quantitative estimate of drug-likeness (QED) is 0.757. The molecule has 0 spiro atoms. The van der Waals surface area contributed by atoms with E-state index < -0.39 is 0 Å². The van der Waals surface area contributed by atoms with Gasteiger partial charge >= 0.3 is 0 Å². The van der Waals surface area contributed by atoms with Crippen molar-refractivity contribution in [2.75, 3.05) is 25.0 Å². The molecule has 0 aromatic carbocycles. The lowest BCUT2D eigenvalue weighted by Gasteiger charge is -2.18. The van der Waals surface area contributed by atoms with E-state index in [1.54, 1.807) is 0 Å². The monoisotopic (exact) mass is 284 g/mol. The van der Waals surface area contributed by atoms with Crippen LogP contribution >= 0.6 is 0 Å². The first-order chi connectivity index (χ1) is 10.3. The molecule has 0 radical (unpaired) electrons. The van der Waals surface area contributed by atoms with Gasteiger partial charge in [-0.1, -0.05) is 13.0 Å². The summed E-state index contributed by atoms with van der Waals surface area (Å²) in [6.07, 6.45) is 7.79. The van der Waals surface area contributed by atoms with Crippen molar-refractivity contribution in [1.82, 2.24) is 15.3 Å². The molecule has 0 aliphatic carbocycles. The van der Waals surface area contributed by atoms with E-state index in [9.17, 15) is 0 Å². The van der Waals surface area contributed by atoms with Crippen LogP contribution in [0.3, 0.4) is 0 Å². The van der Waals surface area contributed by atoms with Gasteiger partial charge in [0.05, 0.1) is 0 Å². The highest BCUT2D eigenvalue weighted by atomic mass is 15.2. The first-order valence-electron chi connectivity index (χ1n) is 7.55. The van der Waals surface area contributed by atoms with Crippen LogP contribution in [0.1, 0.15) is 24.5 Å². The predicted octanol–water partition coefficient (Wildman–Crippen LogP) is 2.66. The van der Waals surface area contributed by atoms with Crippen molar-refractivity contribution < 1.29 is 0 Å². The Morgan fingerprint density at radius 2 is 1.90 bits per heavy atom. The molecular formula is C17H24N4. The highest BCUT2D eigenvalue weighted by Gasteiger charge is 2.03. The van der Waals surface area contributed by atoms with Crippen LogP contribution in [0.2, 0.25) is 0 Å². The van der Waals surface area contributed by atoms with E-state index in [1.165, 1.54) is 11.1 Å². The molecule has 112 valence electrons. The molecule has 0 fully saturated rings. The average Bonchev–Trinajstić information content (AvgIpc) is 2.54. The summed E-state index contributed by atoms with van der Waals surface area (Å²) in [5.74, 6) is 1.02. The van der Waals surface area contributed by atoms with Crippen LogP contribution in [-0.2, 0) is 13.0 Å². The minimum Gasteiger partial charge on any atom is -0.359 e. The topological polar surface area (TPSA) is 41.0 Å². The lowest BCUT2D eigenvalue weighted by Crippen LogP contribution is -2.21. The minimum absolute atomic E-state index is 0.891. The molecule has 0 bridgehead atoms. The van der Waals surface area contributed by atoms with Crippen molar-refractivity contribution >= 4 is 5.82 Å². The Kier molecular flexibility index (Phi) is 6.16. The Labute approximate surface area is 127 Å². The number of nitrogens with zero attached hydrogens (tertiary/aromatic N) is 3. The molecule has 0 aliphatic rings. The second kappa shape index (κ2) is 8.37. The van der Waals surface area contributed by atoms with Gasteiger partial charge in [-0.15, -0.1) is 0 Å². The van der Waals surface area contributed by atoms with E-state index in [2.05, 4.69) is 58.4 Å². The number of pyridine rings is 2. The van der Waals surface area contributed by atoms with Crippen molar-refractivity contribution in [3.8, 4) is 0 Å². The number of hydrogen-bond acceptors (Lipinski definition) is 4. The SMILES string of the molecule is CCCNCc1ccc(N(C)CCc2ccncc2)nc1. The molecule has 0 saturated carbocycles. The molecule has 2 aromatic heterocycles. The summed E-state index contributed by atoms with van der Waals surface area (Å²) in [5, 5.41) is 3.39. The molecule has 0 amide bonds. The van der Waals surface area contributed by atoms with Gasteiger partial charge in [0.25, 0.3) is 0 Å². The molecule has 4 nitrogen and oxygen atoms in total. The third kappa shape index (κ3) is 5.16. The minimum atomic E-state index is 0.891. The van der Waals surface area contributed by atoms with E-state index in [0.29, 0.717) is 0 Å². The van der Waals surface area contributed by atoms with Gasteiger partial charge in [0.1, 0.15) is 5.82 Å². The number of aromatic nitrogens is 2. The van der Waals surface area contributed by atoms with Gasteiger partial charge in [0.15, 0.2) is 0 Å². The summed E-state index contributed by atoms with van der Waals surface area (Å²) in [6, 6.07) is 8.36. The van der Waals surface area contributed by atoms with Crippen LogP contribution in [0, 0.1) is 0 Å². The third-order valence-electron chi connectivity index (χ3n) is 3.44. The van der Waals surface area contributed by atoms with E-state index in [-0.39, 0.29) is 0 Å². The van der Waals surface area contributed by atoms with Crippen molar-refractivity contribution in [2.24, 2.45) is 0 Å². The zero-order valence-corrected chi connectivity index (χ0v) is 12.9. The lowest BCUT2D eigenvalue weighted by atomic mass is 10.2. The Morgan fingerprint density at radius 3 is 2.57 bits per heavy atom. The molecule has 4 heteroatoms. The van der Waals surface area contributed by atoms with Gasteiger partial charge in [-0.2, -0.15) is 0 Å². The van der Waals surface area contributed by atoms with Crippen LogP contribution < -0.4 is 10.2 Å². The van der Waals surface area contributed by atoms with Crippen molar-refractivity contribution in [2.45, 2.75) is 26.3 Å². The van der Waals surface area contributed by atoms with Gasteiger partial charge < -0.3 is 10.2 Å². The highest BCUT2D eigenvalue weighted by molar-refractivity contribution is 5.38. The van der Waals surface area contributed by atoms with Gasteiger partial charge in [0.2, 0.25) is 0 Å². The maximum atomic E-state index is 4.54. The molecule has 0 unspecified atom stereocenters. The Bertz CT molecular complexity index is 510. The van der Waals surface area contributed by atoms with Crippen molar-refractivity contribution in [3.63, 3.8) is 0 Å². The predicted molar refractivity (Wildman–Crippen MR) is 87.4 cm³/mol. The van der Waals surface area contributed by atoms with Crippen molar-refractivity contribution in [3.05, 3.63) is 54.0 Å². The van der Waals surface area contributed by atoms with Crippen LogP contribution in [0.4, 0.5) is 5.82 Å². The normalized spacial score (nSPS) is 10.6. The van der Waals surface area contributed by atoms with Crippen LogP contribution in [-0.4, -0.2) is 30.1 Å². The van der Waals surface area contributed by atoms with E-state index in [4.69, 9.17) is 0 Å². The molecule has 2 aromatic rings. The van der Waals surface area contributed by atoms with Gasteiger partial charge in [-0.25, -0.2) is 4.98 Å². The zero-order chi connectivity index (χ0) is 14.9. The molecular weight excluding hydrogens is 260 g/mol. The number of likely N-dealkylation sites (N-methyl/N-ethyl adjacent to an activating group) is 1. The summed E-state index contributed by atoms with van der Waals surface area (Å²) in [7, 11) is 2.08. The molecule has 21 heavy (non-hydrogen) atoms. The molecule has 0 saturated heterocycles. The maximum Gasteiger partial charge on any atom is 0.128 e. The Morgan fingerprint density at radius 1 is 1.10 bits per heavy atom. The highest BCUT2D eigenvalue weighted by Crippen LogP contribution is 2.10. The number of hydrogen-bond donors (Lipinski definition) is 1. The van der Waals surface area contributed by atoms with Crippen molar-refractivity contribution in [1.29, 1.82) is 0 Å². The third-order valence-corrected chi connectivity index (χ3v) is 3.44. The Balaban J connectivity index is 1.83. The number of nitrogens with one attached hydrogen (secondary N) is 1. The van der Waals surface area contributed by atoms with Crippen LogP contribution in [0.25, 0.3) is 0 Å². The fourth-order valence-electron chi connectivity index (χ4n) is 2.12. The lowest BCUT2D eigenvalue weighted by molar-refractivity contribution is 0.673. The molecule has 0 aliphatic heterocycles. The summed E-state index contributed by atoms with van der Waals surface area (Å²) in [4.78, 5) is 10.8. The first kappa shape index (κ1) is 15.4. The molecule has 1 N–H and O–H groups in total. The summed E-state index contributed by atoms with van der Waals surface area (Å²) >= 11 is 0. The smallest absolute Gasteiger partial charge is 0.128 e. The average molecular weight is 284 g/mol. The second-order valence-electron chi connectivity index (χ2n) is 5.23. The fourth-order valence-corrected chi connectivity index (χ4v) is 2.12. The maximum absolute atomic E-state index is 4.54. The number of anilines is 1. The standard InChI is InChI=1S/C17H24N4/c1-3-9-19-13-16-4-5-17(20-14-16)21(2)12-8-15-6-10-18-11-7-15/h4-7,10-11,14,19H,3,8-9,12-13H2,1-2H3. The molecule has 2 rings (SSSR count). The summed E-state index contributed by atoms with van der Waals surface area (Å²) < 4.78 is 0. The zero-order valence-electron chi connectivity index (χ0n) is 12.9. The Hall–Kier alpha value is -1.94. The largest absolute Gasteiger partial charge is 0.359 e. The van der Waals surface area contributed by atoms with Gasteiger partial charge in [-0.3, -0.25) is 4.98 Å². The van der Waals surface area contributed by atoms with Crippen LogP contribution in [0.15, 0.2) is 42.9 Å². The van der Waals surface area contributed by atoms with Gasteiger partial charge in [0, 0.05) is 38.7 Å². The molecule has 2 heterocycles. The second-order valence-corrected chi connectivity index (χ2v) is 5.23. The van der Waals surface area contributed by atoms with E-state index >= 15 is 0 Å². The van der Waals surface area contributed by atoms with E-state index in [1.807, 2.05) is 18.6 Å². The summed E-state index contributed by atoms with van der Waals surface area (Å²) in [6.45, 7) is 5.06. The number of rotatable bonds is 8.